The zero-order chi connectivity index (χ0) is 28.6. The molecular weight excluding hydrogens is 516 g/mol. The fraction of sp³-hybridized carbons (Fsp3) is 0.259. The maximum Gasteiger partial charge on any atom is 0.345 e. The number of carboxylic acids is 2. The van der Waals surface area contributed by atoms with Crippen LogP contribution in [0.4, 0.5) is 0 Å². The summed E-state index contributed by atoms with van der Waals surface area (Å²) in [6, 6.07) is 7.31. The Kier molecular flexibility index (Phi) is 7.32. The molecule has 12 nitrogen and oxygen atoms in total. The monoisotopic (exact) mass is 540 g/mol. The molecule has 0 saturated heterocycles. The average molecular weight is 540 g/mol. The molecule has 2 aromatic rings. The number of carbonyl (C=O) groups excluding carboxylic acids is 2. The fourth-order valence-corrected chi connectivity index (χ4v) is 5.15. The topological polar surface area (TPSA) is 219 Å². The second-order valence-corrected chi connectivity index (χ2v) is 9.33. The van der Waals surface area contributed by atoms with Crippen LogP contribution in [0.1, 0.15) is 17.0 Å². The van der Waals surface area contributed by atoms with E-state index in [1.54, 1.807) is 0 Å². The van der Waals surface area contributed by atoms with Gasteiger partial charge in [0.05, 0.1) is 11.8 Å². The lowest BCUT2D eigenvalue weighted by Crippen LogP contribution is -2.54. The molecular formula is C27H24O12. The Morgan fingerprint density at radius 1 is 0.923 bits per heavy atom. The molecule has 7 N–H and O–H groups in total. The Morgan fingerprint density at radius 3 is 2.15 bits per heavy atom. The molecule has 3 aliphatic rings. The van der Waals surface area contributed by atoms with Gasteiger partial charge in [-0.2, -0.15) is 0 Å². The Balaban J connectivity index is 1.58. The smallest absolute Gasteiger partial charge is 0.345 e. The van der Waals surface area contributed by atoms with Gasteiger partial charge < -0.3 is 40.5 Å². The molecule has 2 aromatic carbocycles. The van der Waals surface area contributed by atoms with Gasteiger partial charge in [-0.1, -0.05) is 24.3 Å². The standard InChI is InChI=1S/C27H24O12/c28-15-4-1-11(7-17(15)30)8-19(26(35)36)39-20(32)6-3-12-9-14-21(13-2-5-16(29)18(31)10-13)23(27(37)38)22(12)25(34)24(14)33/h1-7,9-10,14,19,21-24,28-31,33H,8H2,(H,35,36)(H,37,38). The first-order chi connectivity index (χ1) is 18.4. The first kappa shape index (κ1) is 27.2. The third-order valence-electron chi connectivity index (χ3n) is 6.94. The Morgan fingerprint density at radius 2 is 1.56 bits per heavy atom. The van der Waals surface area contributed by atoms with Gasteiger partial charge in [-0.3, -0.25) is 9.59 Å². The first-order valence-corrected chi connectivity index (χ1v) is 11.7. The van der Waals surface area contributed by atoms with E-state index in [1.165, 1.54) is 24.3 Å². The molecule has 0 spiro atoms. The number of allylic oxidation sites excluding steroid dienone is 2. The molecule has 0 aromatic heterocycles. The molecule has 3 aliphatic carbocycles. The lowest BCUT2D eigenvalue weighted by molar-refractivity contribution is -0.160. The van der Waals surface area contributed by atoms with Crippen LogP contribution in [0.3, 0.4) is 0 Å². The number of ketones is 1. The Bertz CT molecular complexity index is 1410. The summed E-state index contributed by atoms with van der Waals surface area (Å²) in [5.74, 6) is -11.2. The van der Waals surface area contributed by atoms with Gasteiger partial charge in [0, 0.05) is 24.3 Å². The van der Waals surface area contributed by atoms with Crippen LogP contribution in [0.15, 0.2) is 60.2 Å². The molecule has 0 aliphatic heterocycles. The van der Waals surface area contributed by atoms with Crippen LogP contribution in [-0.2, 0) is 30.3 Å². The van der Waals surface area contributed by atoms with Crippen LogP contribution in [0.2, 0.25) is 0 Å². The number of phenols is 4. The summed E-state index contributed by atoms with van der Waals surface area (Å²) in [5.41, 5.74) is 0.661. The van der Waals surface area contributed by atoms with E-state index in [9.17, 15) is 54.9 Å². The lowest BCUT2D eigenvalue weighted by atomic mass is 9.56. The van der Waals surface area contributed by atoms with Crippen molar-refractivity contribution in [2.75, 3.05) is 0 Å². The van der Waals surface area contributed by atoms with Crippen LogP contribution in [-0.4, -0.2) is 71.6 Å². The summed E-state index contributed by atoms with van der Waals surface area (Å²) >= 11 is 0. The molecule has 6 unspecified atom stereocenters. The fourth-order valence-electron chi connectivity index (χ4n) is 5.15. The number of aromatic hydroxyl groups is 4. The van der Waals surface area contributed by atoms with Crippen LogP contribution in [0.5, 0.6) is 23.0 Å². The van der Waals surface area contributed by atoms with Crippen LogP contribution in [0, 0.1) is 17.8 Å². The van der Waals surface area contributed by atoms with E-state index < -0.39 is 82.6 Å². The molecule has 6 atom stereocenters. The van der Waals surface area contributed by atoms with Gasteiger partial charge >= 0.3 is 17.9 Å². The number of rotatable bonds is 8. The minimum absolute atomic E-state index is 0.120. The minimum atomic E-state index is -1.66. The summed E-state index contributed by atoms with van der Waals surface area (Å²) in [4.78, 5) is 49.2. The number of carboxylic acid groups (broad SMARTS) is 2. The molecule has 0 amide bonds. The van der Waals surface area contributed by atoms with Crippen LogP contribution < -0.4 is 0 Å². The van der Waals surface area contributed by atoms with Gasteiger partial charge in [0.2, 0.25) is 6.10 Å². The molecule has 1 saturated carbocycles. The summed E-state index contributed by atoms with van der Waals surface area (Å²) in [7, 11) is 0. The zero-order valence-corrected chi connectivity index (χ0v) is 20.0. The Hall–Kier alpha value is -4.84. The third-order valence-corrected chi connectivity index (χ3v) is 6.94. The van der Waals surface area contributed by atoms with E-state index in [2.05, 4.69) is 0 Å². The molecule has 12 heteroatoms. The number of phenolic OH excluding ortho intramolecular Hbond substituents is 4. The third kappa shape index (κ3) is 5.27. The highest BCUT2D eigenvalue weighted by molar-refractivity contribution is 5.97. The SMILES string of the molecule is O=C(C=CC1=CC2C(O)C(=O)C1C(C(=O)O)C2c1ccc(O)c(O)c1)OC(Cc1ccc(O)c(O)c1)C(=O)O. The molecule has 2 bridgehead atoms. The van der Waals surface area contributed by atoms with Gasteiger partial charge in [-0.05, 0) is 41.0 Å². The van der Waals surface area contributed by atoms with Crippen molar-refractivity contribution < 1.29 is 59.7 Å². The van der Waals surface area contributed by atoms with E-state index in [0.717, 1.165) is 30.4 Å². The van der Waals surface area contributed by atoms with Crippen molar-refractivity contribution in [1.82, 2.24) is 0 Å². The average Bonchev–Trinajstić information content (AvgIpc) is 2.88. The molecule has 5 rings (SSSR count). The highest BCUT2D eigenvalue weighted by Crippen LogP contribution is 2.52. The van der Waals surface area contributed by atoms with Gasteiger partial charge in [0.25, 0.3) is 0 Å². The van der Waals surface area contributed by atoms with Gasteiger partial charge in [0.15, 0.2) is 28.8 Å². The Labute approximate surface area is 220 Å². The van der Waals surface area contributed by atoms with E-state index in [-0.39, 0.29) is 23.1 Å². The van der Waals surface area contributed by atoms with Crippen molar-refractivity contribution in [3.63, 3.8) is 0 Å². The van der Waals surface area contributed by atoms with Crippen molar-refractivity contribution in [1.29, 1.82) is 0 Å². The number of ether oxygens (including phenoxy) is 1. The number of aliphatic hydroxyl groups is 1. The number of benzene rings is 2. The van der Waals surface area contributed by atoms with Crippen molar-refractivity contribution in [3.05, 3.63) is 71.3 Å². The predicted octanol–water partition coefficient (Wildman–Crippen LogP) is 1.20. The lowest BCUT2D eigenvalue weighted by Gasteiger charge is -2.47. The van der Waals surface area contributed by atoms with Crippen molar-refractivity contribution in [3.8, 4) is 23.0 Å². The largest absolute Gasteiger partial charge is 0.504 e. The van der Waals surface area contributed by atoms with Crippen molar-refractivity contribution in [2.45, 2.75) is 24.5 Å². The summed E-state index contributed by atoms with van der Waals surface area (Å²) in [6.45, 7) is 0. The second kappa shape index (κ2) is 10.5. The molecule has 39 heavy (non-hydrogen) atoms. The van der Waals surface area contributed by atoms with Crippen LogP contribution >= 0.6 is 0 Å². The second-order valence-electron chi connectivity index (χ2n) is 9.33. The summed E-state index contributed by atoms with van der Waals surface area (Å²) in [5, 5.41) is 68.5. The quantitative estimate of drug-likeness (QED) is 0.143. The molecule has 1 fully saturated rings. The summed E-state index contributed by atoms with van der Waals surface area (Å²) in [6.07, 6.45) is -0.115. The van der Waals surface area contributed by atoms with Crippen molar-refractivity contribution in [2.24, 2.45) is 17.8 Å². The van der Waals surface area contributed by atoms with Crippen LogP contribution in [0.25, 0.3) is 0 Å². The maximum atomic E-state index is 12.9. The number of Topliss-reactive ketones (excluding diaryl/α,β-unsaturated/α-hetero) is 1. The number of hydrogen-bond acceptors (Lipinski definition) is 10. The number of fused-ring (bicyclic) bond motifs is 2. The van der Waals surface area contributed by atoms with E-state index in [1.807, 2.05) is 0 Å². The highest BCUT2D eigenvalue weighted by Gasteiger charge is 2.56. The number of aliphatic hydroxyl groups excluding tert-OH is 1. The van der Waals surface area contributed by atoms with E-state index in [0.29, 0.717) is 0 Å². The predicted molar refractivity (Wildman–Crippen MR) is 130 cm³/mol. The molecule has 0 heterocycles. The van der Waals surface area contributed by atoms with E-state index in [4.69, 9.17) is 4.74 Å². The number of aliphatic carboxylic acids is 2. The molecule has 0 radical (unpaired) electrons. The maximum absolute atomic E-state index is 12.9. The number of carbonyl (C=O) groups is 4. The first-order valence-electron chi connectivity index (χ1n) is 11.7. The highest BCUT2D eigenvalue weighted by atomic mass is 16.6. The zero-order valence-electron chi connectivity index (χ0n) is 20.0. The van der Waals surface area contributed by atoms with Crippen molar-refractivity contribution >= 4 is 23.7 Å². The normalized spacial score (nSPS) is 24.8. The van der Waals surface area contributed by atoms with Gasteiger partial charge in [-0.15, -0.1) is 0 Å². The summed E-state index contributed by atoms with van der Waals surface area (Å²) < 4.78 is 5.00. The molecule has 204 valence electrons. The van der Waals surface area contributed by atoms with Gasteiger partial charge in [-0.25, -0.2) is 9.59 Å². The minimum Gasteiger partial charge on any atom is -0.504 e. The van der Waals surface area contributed by atoms with Gasteiger partial charge in [0.1, 0.15) is 6.10 Å². The number of esters is 1. The number of hydrogen-bond donors (Lipinski definition) is 7. The van der Waals surface area contributed by atoms with E-state index >= 15 is 0 Å².